The van der Waals surface area contributed by atoms with Crippen LogP contribution in [-0.4, -0.2) is 20.1 Å². The maximum atomic E-state index is 13.1. The lowest BCUT2D eigenvalue weighted by Gasteiger charge is -2.13. The fourth-order valence-corrected chi connectivity index (χ4v) is 2.10. The van der Waals surface area contributed by atoms with Crippen LogP contribution in [0.2, 0.25) is 0 Å². The molecule has 1 atom stereocenters. The molecule has 2 rings (SSSR count). The molecule has 2 aromatic rings. The van der Waals surface area contributed by atoms with Gasteiger partial charge in [0.05, 0.1) is 0 Å². The molecule has 1 unspecified atom stereocenters. The number of nitrogen functional groups attached to an aromatic ring is 1. The van der Waals surface area contributed by atoms with Crippen LogP contribution in [0.4, 0.5) is 10.1 Å². The summed E-state index contributed by atoms with van der Waals surface area (Å²) >= 11 is 3.17. The average molecular weight is 301 g/mol. The number of halogens is 2. The van der Waals surface area contributed by atoms with E-state index in [2.05, 4.69) is 26.2 Å². The minimum atomic E-state index is -1.08. The zero-order chi connectivity index (χ0) is 12.6. The van der Waals surface area contributed by atoms with Gasteiger partial charge in [-0.2, -0.15) is 0 Å². The summed E-state index contributed by atoms with van der Waals surface area (Å²) in [6.45, 7) is 0. The van der Waals surface area contributed by atoms with E-state index in [9.17, 15) is 9.50 Å². The van der Waals surface area contributed by atoms with E-state index in [1.807, 2.05) is 0 Å². The summed E-state index contributed by atoms with van der Waals surface area (Å²) in [5.74, 6) is -0.459. The summed E-state index contributed by atoms with van der Waals surface area (Å²) in [6.07, 6.45) is -1.08. The summed E-state index contributed by atoms with van der Waals surface area (Å²) in [7, 11) is 1.63. The van der Waals surface area contributed by atoms with Crippen LogP contribution in [0.25, 0.3) is 0 Å². The highest BCUT2D eigenvalue weighted by Crippen LogP contribution is 2.30. The molecule has 0 saturated carbocycles. The Morgan fingerprint density at radius 2 is 2.24 bits per heavy atom. The Kier molecular flexibility index (Phi) is 3.12. The van der Waals surface area contributed by atoms with Gasteiger partial charge in [-0.3, -0.25) is 0 Å². The maximum absolute atomic E-state index is 13.1. The molecule has 1 aromatic heterocycles. The van der Waals surface area contributed by atoms with Crippen molar-refractivity contribution in [1.29, 1.82) is 0 Å². The lowest BCUT2D eigenvalue weighted by Crippen LogP contribution is -2.09. The molecule has 7 heteroatoms. The number of anilines is 1. The molecule has 0 aliphatic heterocycles. The molecule has 5 nitrogen and oxygen atoms in total. The Balaban J connectivity index is 2.50. The smallest absolute Gasteiger partial charge is 0.154 e. The van der Waals surface area contributed by atoms with Crippen LogP contribution in [0.1, 0.15) is 17.4 Å². The molecule has 0 saturated heterocycles. The van der Waals surface area contributed by atoms with Gasteiger partial charge in [0.15, 0.2) is 4.60 Å². The van der Waals surface area contributed by atoms with E-state index in [1.54, 1.807) is 7.05 Å². The van der Waals surface area contributed by atoms with Crippen molar-refractivity contribution in [2.24, 2.45) is 7.05 Å². The molecular weight excluding hydrogens is 291 g/mol. The van der Waals surface area contributed by atoms with Crippen molar-refractivity contribution in [3.8, 4) is 0 Å². The maximum Gasteiger partial charge on any atom is 0.154 e. The van der Waals surface area contributed by atoms with Crippen molar-refractivity contribution in [2.45, 2.75) is 6.10 Å². The summed E-state index contributed by atoms with van der Waals surface area (Å²) in [5.41, 5.74) is 6.72. The number of hydrogen-bond acceptors (Lipinski definition) is 4. The Morgan fingerprint density at radius 3 is 2.82 bits per heavy atom. The monoisotopic (exact) mass is 300 g/mol. The van der Waals surface area contributed by atoms with Crippen molar-refractivity contribution in [2.75, 3.05) is 5.73 Å². The molecule has 0 amide bonds. The van der Waals surface area contributed by atoms with Gasteiger partial charge < -0.3 is 10.8 Å². The molecular formula is C10H10BrFN4O. The first-order valence-corrected chi connectivity index (χ1v) is 5.58. The zero-order valence-corrected chi connectivity index (χ0v) is 10.5. The first kappa shape index (κ1) is 12.0. The highest BCUT2D eigenvalue weighted by molar-refractivity contribution is 9.10. The Bertz CT molecular complexity index is 538. The predicted octanol–water partition coefficient (Wildman–Crippen LogP) is 1.38. The van der Waals surface area contributed by atoms with E-state index in [-0.39, 0.29) is 5.56 Å². The van der Waals surface area contributed by atoms with Gasteiger partial charge >= 0.3 is 0 Å². The second kappa shape index (κ2) is 4.42. The fraction of sp³-hybridized carbons (Fsp3) is 0.200. The van der Waals surface area contributed by atoms with Crippen molar-refractivity contribution < 1.29 is 9.50 Å². The highest BCUT2D eigenvalue weighted by Gasteiger charge is 2.21. The number of nitrogens with zero attached hydrogens (tertiary/aromatic N) is 3. The molecule has 1 aromatic carbocycles. The van der Waals surface area contributed by atoms with E-state index in [4.69, 9.17) is 5.73 Å². The number of nitrogens with two attached hydrogens (primary N) is 1. The van der Waals surface area contributed by atoms with Gasteiger partial charge in [0.2, 0.25) is 0 Å². The van der Waals surface area contributed by atoms with Crippen LogP contribution >= 0.6 is 15.9 Å². The summed E-state index contributed by atoms with van der Waals surface area (Å²) in [4.78, 5) is 0. The SMILES string of the molecule is Cn1nnc(Br)c1C(O)c1cc(F)ccc1N. The number of aliphatic hydroxyl groups excluding tert-OH is 1. The lowest BCUT2D eigenvalue weighted by molar-refractivity contribution is 0.209. The molecule has 0 bridgehead atoms. The van der Waals surface area contributed by atoms with Crippen LogP contribution in [0.5, 0.6) is 0 Å². The molecule has 0 aliphatic carbocycles. The van der Waals surface area contributed by atoms with Crippen molar-refractivity contribution in [3.63, 3.8) is 0 Å². The molecule has 0 aliphatic rings. The van der Waals surface area contributed by atoms with Gasteiger partial charge in [0, 0.05) is 18.3 Å². The second-order valence-electron chi connectivity index (χ2n) is 3.56. The van der Waals surface area contributed by atoms with Crippen molar-refractivity contribution >= 4 is 21.6 Å². The summed E-state index contributed by atoms with van der Waals surface area (Å²) in [5, 5.41) is 17.7. The average Bonchev–Trinajstić information content (AvgIpc) is 2.61. The molecule has 0 radical (unpaired) electrons. The van der Waals surface area contributed by atoms with E-state index in [0.29, 0.717) is 16.0 Å². The predicted molar refractivity (Wildman–Crippen MR) is 63.6 cm³/mol. The van der Waals surface area contributed by atoms with Gasteiger partial charge in [-0.05, 0) is 34.1 Å². The van der Waals surface area contributed by atoms with Crippen LogP contribution in [-0.2, 0) is 7.05 Å². The molecule has 90 valence electrons. The van der Waals surface area contributed by atoms with E-state index in [0.717, 1.165) is 0 Å². The Morgan fingerprint density at radius 1 is 1.53 bits per heavy atom. The van der Waals surface area contributed by atoms with Crippen LogP contribution in [0.15, 0.2) is 22.8 Å². The third-order valence-corrected chi connectivity index (χ3v) is 2.99. The largest absolute Gasteiger partial charge is 0.398 e. The number of aromatic nitrogens is 3. The van der Waals surface area contributed by atoms with Gasteiger partial charge in [-0.1, -0.05) is 5.21 Å². The Hall–Kier alpha value is -1.47. The standard InChI is InChI=1S/C10H10BrFN4O/c1-16-8(10(11)14-15-16)9(17)6-4-5(12)2-3-7(6)13/h2-4,9,17H,13H2,1H3. The topological polar surface area (TPSA) is 77.0 Å². The number of aryl methyl sites for hydroxylation is 1. The lowest BCUT2D eigenvalue weighted by atomic mass is 10.0. The molecule has 0 spiro atoms. The zero-order valence-electron chi connectivity index (χ0n) is 8.93. The summed E-state index contributed by atoms with van der Waals surface area (Å²) in [6, 6.07) is 3.84. The van der Waals surface area contributed by atoms with Crippen LogP contribution in [0.3, 0.4) is 0 Å². The number of aliphatic hydroxyl groups is 1. The number of benzene rings is 1. The van der Waals surface area contributed by atoms with Crippen LogP contribution in [0, 0.1) is 5.82 Å². The fourth-order valence-electron chi connectivity index (χ4n) is 1.56. The molecule has 17 heavy (non-hydrogen) atoms. The first-order valence-electron chi connectivity index (χ1n) is 4.78. The Labute approximate surface area is 105 Å². The van der Waals surface area contributed by atoms with E-state index >= 15 is 0 Å². The molecule has 0 fully saturated rings. The second-order valence-corrected chi connectivity index (χ2v) is 4.32. The van der Waals surface area contributed by atoms with Gasteiger partial charge in [0.1, 0.15) is 17.6 Å². The highest BCUT2D eigenvalue weighted by atomic mass is 79.9. The van der Waals surface area contributed by atoms with Gasteiger partial charge in [-0.25, -0.2) is 9.07 Å². The third kappa shape index (κ3) is 2.16. The van der Waals surface area contributed by atoms with Crippen molar-refractivity contribution in [3.05, 3.63) is 39.9 Å². The minimum Gasteiger partial charge on any atom is -0.398 e. The molecule has 3 N–H and O–H groups in total. The third-order valence-electron chi connectivity index (χ3n) is 2.43. The van der Waals surface area contributed by atoms with Gasteiger partial charge in [-0.15, -0.1) is 5.10 Å². The normalized spacial score (nSPS) is 12.7. The quantitative estimate of drug-likeness (QED) is 0.822. The van der Waals surface area contributed by atoms with E-state index in [1.165, 1.54) is 22.9 Å². The van der Waals surface area contributed by atoms with Gasteiger partial charge in [0.25, 0.3) is 0 Å². The molecule has 1 heterocycles. The van der Waals surface area contributed by atoms with Crippen molar-refractivity contribution in [1.82, 2.24) is 15.0 Å². The number of rotatable bonds is 2. The number of hydrogen-bond donors (Lipinski definition) is 2. The summed E-state index contributed by atoms with van der Waals surface area (Å²) < 4.78 is 14.9. The minimum absolute atomic E-state index is 0.288. The first-order chi connectivity index (χ1) is 8.00. The van der Waals surface area contributed by atoms with E-state index < -0.39 is 11.9 Å². The van der Waals surface area contributed by atoms with Crippen LogP contribution < -0.4 is 5.73 Å².